The molecular weight excluding hydrogens is 210 g/mol. The highest BCUT2D eigenvalue weighted by atomic mass is 16.5. The minimum atomic E-state index is 0.281. The predicted octanol–water partition coefficient (Wildman–Crippen LogP) is 2.55. The molecule has 0 saturated carbocycles. The van der Waals surface area contributed by atoms with Gasteiger partial charge in [-0.3, -0.25) is 0 Å². The Balaban J connectivity index is 2.39. The van der Waals surface area contributed by atoms with Gasteiger partial charge in [-0.25, -0.2) is 0 Å². The van der Waals surface area contributed by atoms with E-state index in [9.17, 15) is 0 Å². The molecule has 0 aliphatic rings. The smallest absolute Gasteiger partial charge is 0.137 e. The molecule has 17 heavy (non-hydrogen) atoms. The fourth-order valence-corrected chi connectivity index (χ4v) is 1.63. The van der Waals surface area contributed by atoms with Gasteiger partial charge in [0.05, 0.1) is 5.54 Å². The van der Waals surface area contributed by atoms with Crippen LogP contribution in [0.25, 0.3) is 0 Å². The SMILES string of the molecule is CC(C)c1cccc(OCC[NH2+]C(C)(C)C)c1. The Bertz CT molecular complexity index is 339. The molecule has 2 nitrogen and oxygen atoms in total. The van der Waals surface area contributed by atoms with E-state index in [-0.39, 0.29) is 5.54 Å². The van der Waals surface area contributed by atoms with Crippen LogP contribution in [0.15, 0.2) is 24.3 Å². The van der Waals surface area contributed by atoms with E-state index in [1.54, 1.807) is 0 Å². The Hall–Kier alpha value is -1.02. The summed E-state index contributed by atoms with van der Waals surface area (Å²) in [6, 6.07) is 8.39. The van der Waals surface area contributed by atoms with E-state index in [4.69, 9.17) is 4.74 Å². The van der Waals surface area contributed by atoms with Gasteiger partial charge in [0, 0.05) is 0 Å². The van der Waals surface area contributed by atoms with E-state index in [0.29, 0.717) is 5.92 Å². The van der Waals surface area contributed by atoms with Crippen LogP contribution in [0.3, 0.4) is 0 Å². The molecule has 0 aromatic heterocycles. The summed E-state index contributed by atoms with van der Waals surface area (Å²) < 4.78 is 5.76. The maximum atomic E-state index is 5.76. The number of rotatable bonds is 5. The average Bonchev–Trinajstić information content (AvgIpc) is 2.23. The summed E-state index contributed by atoms with van der Waals surface area (Å²) >= 11 is 0. The molecule has 0 atom stereocenters. The monoisotopic (exact) mass is 236 g/mol. The van der Waals surface area contributed by atoms with Gasteiger partial charge in [0.25, 0.3) is 0 Å². The largest absolute Gasteiger partial charge is 0.488 e. The fraction of sp³-hybridized carbons (Fsp3) is 0.600. The van der Waals surface area contributed by atoms with Gasteiger partial charge >= 0.3 is 0 Å². The maximum absolute atomic E-state index is 5.76. The zero-order valence-electron chi connectivity index (χ0n) is 11.8. The van der Waals surface area contributed by atoms with E-state index < -0.39 is 0 Å². The van der Waals surface area contributed by atoms with E-state index >= 15 is 0 Å². The lowest BCUT2D eigenvalue weighted by Gasteiger charge is -2.17. The molecule has 1 aromatic carbocycles. The first-order valence-electron chi connectivity index (χ1n) is 6.45. The van der Waals surface area contributed by atoms with Crippen LogP contribution < -0.4 is 10.1 Å². The summed E-state index contributed by atoms with van der Waals surface area (Å²) in [7, 11) is 0. The van der Waals surface area contributed by atoms with Gasteiger partial charge in [-0.1, -0.05) is 26.0 Å². The topological polar surface area (TPSA) is 25.8 Å². The second-order valence-corrected chi connectivity index (χ2v) is 5.93. The van der Waals surface area contributed by atoms with Gasteiger partial charge in [-0.15, -0.1) is 0 Å². The third-order valence-electron chi connectivity index (χ3n) is 2.67. The Morgan fingerprint density at radius 2 is 1.94 bits per heavy atom. The second-order valence-electron chi connectivity index (χ2n) is 5.93. The molecule has 0 aliphatic carbocycles. The number of quaternary nitrogens is 1. The summed E-state index contributed by atoms with van der Waals surface area (Å²) in [6.07, 6.45) is 0. The van der Waals surface area contributed by atoms with Crippen molar-refractivity contribution in [3.05, 3.63) is 29.8 Å². The normalized spacial score (nSPS) is 11.9. The minimum Gasteiger partial charge on any atom is -0.488 e. The highest BCUT2D eigenvalue weighted by Gasteiger charge is 2.11. The number of hydrogen-bond acceptors (Lipinski definition) is 1. The third-order valence-corrected chi connectivity index (χ3v) is 2.67. The van der Waals surface area contributed by atoms with Gasteiger partial charge in [-0.05, 0) is 44.4 Å². The Kier molecular flexibility index (Phi) is 5.01. The van der Waals surface area contributed by atoms with Gasteiger partial charge < -0.3 is 10.1 Å². The Labute approximate surface area is 105 Å². The van der Waals surface area contributed by atoms with Crippen LogP contribution in [-0.4, -0.2) is 18.7 Å². The molecule has 0 aliphatic heterocycles. The first-order chi connectivity index (χ1) is 7.88. The summed E-state index contributed by atoms with van der Waals surface area (Å²) in [5.41, 5.74) is 1.62. The quantitative estimate of drug-likeness (QED) is 0.781. The van der Waals surface area contributed by atoms with E-state index in [1.807, 2.05) is 6.07 Å². The molecular formula is C15H26NO+. The van der Waals surface area contributed by atoms with Crippen molar-refractivity contribution in [3.63, 3.8) is 0 Å². The first kappa shape index (κ1) is 14.0. The van der Waals surface area contributed by atoms with E-state index in [0.717, 1.165) is 18.9 Å². The standard InChI is InChI=1S/C15H25NO/c1-12(2)13-7-6-8-14(11-13)17-10-9-16-15(3,4)5/h6-8,11-12,16H,9-10H2,1-5H3/p+1. The van der Waals surface area contributed by atoms with Crippen LogP contribution >= 0.6 is 0 Å². The molecule has 0 heterocycles. The van der Waals surface area contributed by atoms with Crippen molar-refractivity contribution < 1.29 is 10.1 Å². The van der Waals surface area contributed by atoms with Gasteiger partial charge in [0.2, 0.25) is 0 Å². The maximum Gasteiger partial charge on any atom is 0.137 e. The number of nitrogens with two attached hydrogens (primary N) is 1. The van der Waals surface area contributed by atoms with E-state index in [1.165, 1.54) is 5.56 Å². The van der Waals surface area contributed by atoms with Crippen LogP contribution in [-0.2, 0) is 0 Å². The van der Waals surface area contributed by atoms with Crippen molar-refractivity contribution in [1.29, 1.82) is 0 Å². The Morgan fingerprint density at radius 3 is 2.53 bits per heavy atom. The molecule has 0 fully saturated rings. The van der Waals surface area contributed by atoms with Crippen LogP contribution in [0.5, 0.6) is 5.75 Å². The van der Waals surface area contributed by atoms with Crippen LogP contribution in [0.4, 0.5) is 0 Å². The molecule has 0 bridgehead atoms. The molecule has 2 heteroatoms. The summed E-state index contributed by atoms with van der Waals surface area (Å²) in [5, 5.41) is 2.30. The third kappa shape index (κ3) is 5.73. The Morgan fingerprint density at radius 1 is 1.24 bits per heavy atom. The number of benzene rings is 1. The molecule has 1 aromatic rings. The summed E-state index contributed by atoms with van der Waals surface area (Å²) in [6.45, 7) is 12.8. The number of ether oxygens (including phenoxy) is 1. The molecule has 0 saturated heterocycles. The molecule has 0 spiro atoms. The molecule has 0 amide bonds. The van der Waals surface area contributed by atoms with Gasteiger partial charge in [0.1, 0.15) is 18.9 Å². The van der Waals surface area contributed by atoms with Crippen LogP contribution in [0, 0.1) is 0 Å². The average molecular weight is 236 g/mol. The van der Waals surface area contributed by atoms with Crippen molar-refractivity contribution in [2.45, 2.75) is 46.1 Å². The van der Waals surface area contributed by atoms with Crippen molar-refractivity contribution >= 4 is 0 Å². The molecule has 96 valence electrons. The lowest BCUT2D eigenvalue weighted by Crippen LogP contribution is -2.95. The zero-order chi connectivity index (χ0) is 12.9. The van der Waals surface area contributed by atoms with Crippen LogP contribution in [0.1, 0.15) is 46.1 Å². The minimum absolute atomic E-state index is 0.281. The molecule has 1 rings (SSSR count). The molecule has 0 radical (unpaired) electrons. The lowest BCUT2D eigenvalue weighted by atomic mass is 10.0. The van der Waals surface area contributed by atoms with Crippen LogP contribution in [0.2, 0.25) is 0 Å². The number of hydrogen-bond donors (Lipinski definition) is 1. The van der Waals surface area contributed by atoms with Crippen molar-refractivity contribution in [2.24, 2.45) is 0 Å². The zero-order valence-corrected chi connectivity index (χ0v) is 11.8. The predicted molar refractivity (Wildman–Crippen MR) is 72.6 cm³/mol. The molecule has 0 unspecified atom stereocenters. The van der Waals surface area contributed by atoms with Crippen molar-refractivity contribution in [3.8, 4) is 5.75 Å². The second kappa shape index (κ2) is 6.06. The molecule has 2 N–H and O–H groups in total. The highest BCUT2D eigenvalue weighted by molar-refractivity contribution is 5.30. The van der Waals surface area contributed by atoms with Crippen molar-refractivity contribution in [2.75, 3.05) is 13.2 Å². The highest BCUT2D eigenvalue weighted by Crippen LogP contribution is 2.19. The summed E-state index contributed by atoms with van der Waals surface area (Å²) in [4.78, 5) is 0. The van der Waals surface area contributed by atoms with Crippen molar-refractivity contribution in [1.82, 2.24) is 0 Å². The first-order valence-corrected chi connectivity index (χ1v) is 6.45. The van der Waals surface area contributed by atoms with Gasteiger partial charge in [-0.2, -0.15) is 0 Å². The van der Waals surface area contributed by atoms with E-state index in [2.05, 4.69) is 58.1 Å². The van der Waals surface area contributed by atoms with Gasteiger partial charge in [0.15, 0.2) is 0 Å². The lowest BCUT2D eigenvalue weighted by molar-refractivity contribution is -0.717. The fourth-order valence-electron chi connectivity index (χ4n) is 1.63. The summed E-state index contributed by atoms with van der Waals surface area (Å²) in [5.74, 6) is 1.54.